The first kappa shape index (κ1) is 13.7. The predicted molar refractivity (Wildman–Crippen MR) is 60.8 cm³/mol. The van der Waals surface area contributed by atoms with Crippen molar-refractivity contribution in [3.8, 4) is 0 Å². The SMILES string of the molecule is CC/C=C(\OCC1CO1)[Si](OC)(OC)OC. The smallest absolute Gasteiger partial charge is 0.492 e. The Morgan fingerprint density at radius 2 is 1.88 bits per heavy atom. The standard InChI is InChI=1S/C10H20O5Si/c1-5-6-10(15-8-9-7-14-9)16(11-2,12-3)13-4/h6,9H,5,7-8H2,1-4H3/b10-6+. The zero-order valence-corrected chi connectivity index (χ0v) is 11.3. The van der Waals surface area contributed by atoms with Crippen molar-refractivity contribution in [2.45, 2.75) is 19.4 Å². The largest absolute Gasteiger partial charge is 0.572 e. The van der Waals surface area contributed by atoms with E-state index in [2.05, 4.69) is 0 Å². The molecule has 5 nitrogen and oxygen atoms in total. The van der Waals surface area contributed by atoms with Gasteiger partial charge in [0.05, 0.1) is 6.61 Å². The number of ether oxygens (including phenoxy) is 2. The van der Waals surface area contributed by atoms with Gasteiger partial charge in [-0.15, -0.1) is 0 Å². The Balaban J connectivity index is 2.67. The summed E-state index contributed by atoms with van der Waals surface area (Å²) in [7, 11) is 1.88. The average molecular weight is 248 g/mol. The van der Waals surface area contributed by atoms with Crippen LogP contribution in [-0.2, 0) is 22.8 Å². The van der Waals surface area contributed by atoms with Gasteiger partial charge < -0.3 is 22.8 Å². The van der Waals surface area contributed by atoms with Gasteiger partial charge in [0.2, 0.25) is 0 Å². The lowest BCUT2D eigenvalue weighted by atomic mass is 10.5. The number of allylic oxidation sites excluding steroid dienone is 1. The van der Waals surface area contributed by atoms with E-state index in [0.717, 1.165) is 13.0 Å². The molecule has 0 amide bonds. The lowest BCUT2D eigenvalue weighted by molar-refractivity contribution is 0.0938. The second kappa shape index (κ2) is 6.36. The molecule has 6 heteroatoms. The van der Waals surface area contributed by atoms with E-state index in [9.17, 15) is 0 Å². The lowest BCUT2D eigenvalue weighted by Crippen LogP contribution is -2.46. The zero-order chi connectivity index (χ0) is 12.0. The number of hydrogen-bond donors (Lipinski definition) is 0. The molecule has 1 atom stereocenters. The van der Waals surface area contributed by atoms with E-state index in [1.165, 1.54) is 0 Å². The fourth-order valence-corrected chi connectivity index (χ4v) is 3.17. The summed E-state index contributed by atoms with van der Waals surface area (Å²) in [5.41, 5.74) is 0. The van der Waals surface area contributed by atoms with Crippen LogP contribution < -0.4 is 0 Å². The first-order valence-corrected chi connectivity index (χ1v) is 7.05. The Hall–Kier alpha value is -0.403. The van der Waals surface area contributed by atoms with Crippen molar-refractivity contribution < 1.29 is 22.8 Å². The van der Waals surface area contributed by atoms with Crippen LogP contribution in [0.3, 0.4) is 0 Å². The van der Waals surface area contributed by atoms with Gasteiger partial charge in [0.1, 0.15) is 12.7 Å². The highest BCUT2D eigenvalue weighted by atomic mass is 28.4. The van der Waals surface area contributed by atoms with Crippen LogP contribution in [0, 0.1) is 0 Å². The van der Waals surface area contributed by atoms with E-state index in [4.69, 9.17) is 22.8 Å². The fourth-order valence-electron chi connectivity index (χ4n) is 1.36. The molecule has 0 saturated carbocycles. The second-order valence-corrected chi connectivity index (χ2v) is 6.24. The van der Waals surface area contributed by atoms with Gasteiger partial charge in [-0.05, 0) is 12.5 Å². The number of hydrogen-bond acceptors (Lipinski definition) is 5. The molecule has 1 rings (SSSR count). The van der Waals surface area contributed by atoms with Crippen molar-refractivity contribution in [3.05, 3.63) is 11.5 Å². The molecule has 1 aliphatic rings. The monoisotopic (exact) mass is 248 g/mol. The van der Waals surface area contributed by atoms with Crippen LogP contribution in [0.25, 0.3) is 0 Å². The topological polar surface area (TPSA) is 49.5 Å². The third kappa shape index (κ3) is 3.29. The zero-order valence-electron chi connectivity index (χ0n) is 10.3. The average Bonchev–Trinajstić information content (AvgIpc) is 3.12. The molecule has 0 aromatic carbocycles. The molecule has 0 bridgehead atoms. The molecule has 0 N–H and O–H groups in total. The van der Waals surface area contributed by atoms with E-state index in [1.54, 1.807) is 21.3 Å². The molecular weight excluding hydrogens is 228 g/mol. The van der Waals surface area contributed by atoms with E-state index in [-0.39, 0.29) is 6.10 Å². The van der Waals surface area contributed by atoms with Crippen molar-refractivity contribution in [1.82, 2.24) is 0 Å². The van der Waals surface area contributed by atoms with E-state index in [1.807, 2.05) is 13.0 Å². The Morgan fingerprint density at radius 3 is 2.25 bits per heavy atom. The first-order valence-electron chi connectivity index (χ1n) is 5.32. The maximum atomic E-state index is 5.67. The van der Waals surface area contributed by atoms with Gasteiger partial charge >= 0.3 is 8.80 Å². The summed E-state index contributed by atoms with van der Waals surface area (Å²) in [4.78, 5) is 0. The van der Waals surface area contributed by atoms with Gasteiger partial charge in [-0.25, -0.2) is 0 Å². The highest BCUT2D eigenvalue weighted by Crippen LogP contribution is 2.21. The summed E-state index contributed by atoms with van der Waals surface area (Å²) in [6.07, 6.45) is 2.98. The van der Waals surface area contributed by atoms with Crippen LogP contribution in [0.5, 0.6) is 0 Å². The molecule has 1 saturated heterocycles. The van der Waals surface area contributed by atoms with Gasteiger partial charge in [0.25, 0.3) is 0 Å². The molecule has 0 radical (unpaired) electrons. The summed E-state index contributed by atoms with van der Waals surface area (Å²) in [5, 5.41) is 0.665. The van der Waals surface area contributed by atoms with Gasteiger partial charge in [-0.2, -0.15) is 0 Å². The molecule has 0 spiro atoms. The van der Waals surface area contributed by atoms with Crippen molar-refractivity contribution in [2.75, 3.05) is 34.5 Å². The summed E-state index contributed by atoms with van der Waals surface area (Å²) in [6.45, 7) is 3.31. The Bertz CT molecular complexity index is 227. The molecule has 94 valence electrons. The van der Waals surface area contributed by atoms with Gasteiger partial charge in [0.15, 0.2) is 5.38 Å². The van der Waals surface area contributed by atoms with Crippen molar-refractivity contribution >= 4 is 8.80 Å². The summed E-state index contributed by atoms with van der Waals surface area (Å²) >= 11 is 0. The summed E-state index contributed by atoms with van der Waals surface area (Å²) in [6, 6.07) is 0. The summed E-state index contributed by atoms with van der Waals surface area (Å²) < 4.78 is 26.9. The molecule has 0 aromatic rings. The normalized spacial score (nSPS) is 21.0. The van der Waals surface area contributed by atoms with Crippen LogP contribution in [0.15, 0.2) is 11.5 Å². The van der Waals surface area contributed by atoms with Gasteiger partial charge in [0, 0.05) is 21.3 Å². The lowest BCUT2D eigenvalue weighted by Gasteiger charge is -2.26. The van der Waals surface area contributed by atoms with E-state index >= 15 is 0 Å². The van der Waals surface area contributed by atoms with Gasteiger partial charge in [-0.1, -0.05) is 6.92 Å². The Kier molecular flexibility index (Phi) is 5.43. The molecule has 1 unspecified atom stereocenters. The number of rotatable bonds is 8. The molecule has 16 heavy (non-hydrogen) atoms. The summed E-state index contributed by atoms with van der Waals surface area (Å²) in [5.74, 6) is 0. The third-order valence-corrected chi connectivity index (χ3v) is 4.89. The maximum Gasteiger partial charge on any atom is 0.572 e. The fraction of sp³-hybridized carbons (Fsp3) is 0.800. The van der Waals surface area contributed by atoms with Crippen LogP contribution in [-0.4, -0.2) is 49.5 Å². The molecule has 0 aromatic heterocycles. The minimum atomic E-state index is -2.82. The highest BCUT2D eigenvalue weighted by Gasteiger charge is 2.45. The minimum absolute atomic E-state index is 0.206. The first-order chi connectivity index (χ1) is 7.72. The third-order valence-electron chi connectivity index (χ3n) is 2.32. The van der Waals surface area contributed by atoms with E-state index < -0.39 is 8.80 Å². The van der Waals surface area contributed by atoms with Crippen molar-refractivity contribution in [3.63, 3.8) is 0 Å². The highest BCUT2D eigenvalue weighted by molar-refractivity contribution is 6.68. The minimum Gasteiger partial charge on any atom is -0.492 e. The maximum absolute atomic E-state index is 5.67. The molecule has 1 aliphatic heterocycles. The van der Waals surface area contributed by atoms with Crippen LogP contribution >= 0.6 is 0 Å². The van der Waals surface area contributed by atoms with Crippen molar-refractivity contribution in [1.29, 1.82) is 0 Å². The van der Waals surface area contributed by atoms with Crippen LogP contribution in [0.4, 0.5) is 0 Å². The van der Waals surface area contributed by atoms with E-state index in [0.29, 0.717) is 12.0 Å². The van der Waals surface area contributed by atoms with Crippen LogP contribution in [0.1, 0.15) is 13.3 Å². The van der Waals surface area contributed by atoms with Gasteiger partial charge in [-0.3, -0.25) is 0 Å². The number of epoxide rings is 1. The van der Waals surface area contributed by atoms with Crippen molar-refractivity contribution in [2.24, 2.45) is 0 Å². The predicted octanol–water partition coefficient (Wildman–Crippen LogP) is 1.11. The Labute approximate surface area is 97.6 Å². The molecule has 1 heterocycles. The molecule has 1 fully saturated rings. The van der Waals surface area contributed by atoms with Crippen LogP contribution in [0.2, 0.25) is 0 Å². The molecule has 0 aliphatic carbocycles. The Morgan fingerprint density at radius 1 is 1.31 bits per heavy atom. The molecular formula is C10H20O5Si. The second-order valence-electron chi connectivity index (χ2n) is 3.41. The quantitative estimate of drug-likeness (QED) is 0.366.